The molecule has 2 aromatic heterocycles. The lowest BCUT2D eigenvalue weighted by molar-refractivity contribution is -0.120. The van der Waals surface area contributed by atoms with Gasteiger partial charge in [0.1, 0.15) is 4.88 Å². The first-order chi connectivity index (χ1) is 10.1. The summed E-state index contributed by atoms with van der Waals surface area (Å²) < 4.78 is 5.65. The van der Waals surface area contributed by atoms with Crippen molar-refractivity contribution in [2.75, 3.05) is 32.5 Å². The fourth-order valence-electron chi connectivity index (χ4n) is 1.74. The van der Waals surface area contributed by atoms with Crippen LogP contribution in [0.3, 0.4) is 0 Å². The third-order valence-electron chi connectivity index (χ3n) is 2.78. The summed E-state index contributed by atoms with van der Waals surface area (Å²) >= 11 is 1.25. The number of rotatable bonds is 6. The molecule has 0 aliphatic heterocycles. The molecule has 4 N–H and O–H groups in total. The number of nitrogens with zero attached hydrogens (tertiary/aromatic N) is 1. The van der Waals surface area contributed by atoms with Crippen LogP contribution in [0.2, 0.25) is 0 Å². The summed E-state index contributed by atoms with van der Waals surface area (Å²) in [4.78, 5) is 27.9. The van der Waals surface area contributed by atoms with E-state index in [0.717, 1.165) is 10.1 Å². The highest BCUT2D eigenvalue weighted by molar-refractivity contribution is 7.21. The van der Waals surface area contributed by atoms with Gasteiger partial charge in [0, 0.05) is 31.4 Å². The Hall–Kier alpha value is -2.19. The van der Waals surface area contributed by atoms with E-state index in [4.69, 9.17) is 10.5 Å². The Morgan fingerprint density at radius 2 is 2.24 bits per heavy atom. The molecule has 0 atom stereocenters. The Balaban J connectivity index is 1.96. The van der Waals surface area contributed by atoms with Gasteiger partial charge in [0.2, 0.25) is 5.91 Å². The van der Waals surface area contributed by atoms with E-state index in [0.29, 0.717) is 23.7 Å². The lowest BCUT2D eigenvalue weighted by Crippen LogP contribution is -2.38. The molecule has 21 heavy (non-hydrogen) atoms. The number of carbonyl (C=O) groups is 2. The smallest absolute Gasteiger partial charge is 0.263 e. The predicted octanol–water partition coefficient (Wildman–Crippen LogP) is 0.371. The quantitative estimate of drug-likeness (QED) is 0.669. The molecular weight excluding hydrogens is 292 g/mol. The number of methoxy groups -OCH3 is 1. The molecule has 0 aliphatic carbocycles. The number of pyridine rings is 1. The summed E-state index contributed by atoms with van der Waals surface area (Å²) in [5, 5.41) is 5.96. The van der Waals surface area contributed by atoms with E-state index in [1.807, 2.05) is 0 Å². The maximum Gasteiger partial charge on any atom is 0.263 e. The lowest BCUT2D eigenvalue weighted by atomic mass is 10.2. The van der Waals surface area contributed by atoms with Gasteiger partial charge in [-0.2, -0.15) is 0 Å². The monoisotopic (exact) mass is 308 g/mol. The summed E-state index contributed by atoms with van der Waals surface area (Å²) in [5.41, 5.74) is 6.36. The molecule has 112 valence electrons. The van der Waals surface area contributed by atoms with Crippen LogP contribution in [0.5, 0.6) is 0 Å². The second-order valence-electron chi connectivity index (χ2n) is 4.24. The average Bonchev–Trinajstić information content (AvgIpc) is 2.83. The van der Waals surface area contributed by atoms with Crippen LogP contribution in [-0.2, 0) is 9.53 Å². The molecule has 0 saturated carbocycles. The van der Waals surface area contributed by atoms with E-state index < -0.39 is 0 Å². The van der Waals surface area contributed by atoms with Crippen LogP contribution in [0, 0.1) is 0 Å². The standard InChI is InChI=1S/C13H16N4O3S/c1-20-5-4-16-10(18)7-17-13(19)12-11(14)8-2-3-15-6-9(8)21-12/h2-3,6H,4-5,7,14H2,1H3,(H,16,18)(H,17,19). The van der Waals surface area contributed by atoms with Gasteiger partial charge in [0.15, 0.2) is 0 Å². The second-order valence-corrected chi connectivity index (χ2v) is 5.29. The fraction of sp³-hybridized carbons (Fsp3) is 0.308. The van der Waals surface area contributed by atoms with Gasteiger partial charge in [0.05, 0.1) is 23.5 Å². The molecule has 0 aliphatic rings. The number of nitrogens with two attached hydrogens (primary N) is 1. The number of amides is 2. The Morgan fingerprint density at radius 1 is 1.43 bits per heavy atom. The molecule has 7 nitrogen and oxygen atoms in total. The second kappa shape index (κ2) is 7.00. The van der Waals surface area contributed by atoms with E-state index in [9.17, 15) is 9.59 Å². The molecule has 8 heteroatoms. The predicted molar refractivity (Wildman–Crippen MR) is 81.3 cm³/mol. The van der Waals surface area contributed by atoms with Gasteiger partial charge in [0.25, 0.3) is 5.91 Å². The van der Waals surface area contributed by atoms with Crippen LogP contribution < -0.4 is 16.4 Å². The zero-order valence-corrected chi connectivity index (χ0v) is 12.3. The van der Waals surface area contributed by atoms with Gasteiger partial charge in [-0.1, -0.05) is 0 Å². The number of anilines is 1. The molecule has 0 aromatic carbocycles. The van der Waals surface area contributed by atoms with Crippen molar-refractivity contribution in [3.8, 4) is 0 Å². The molecular formula is C13H16N4O3S. The maximum atomic E-state index is 12.1. The first-order valence-electron chi connectivity index (χ1n) is 6.29. The van der Waals surface area contributed by atoms with Crippen molar-refractivity contribution in [2.45, 2.75) is 0 Å². The highest BCUT2D eigenvalue weighted by atomic mass is 32.1. The van der Waals surface area contributed by atoms with Crippen LogP contribution in [0.1, 0.15) is 9.67 Å². The number of nitrogen functional groups attached to an aromatic ring is 1. The average molecular weight is 308 g/mol. The Morgan fingerprint density at radius 3 is 2.95 bits per heavy atom. The van der Waals surface area contributed by atoms with Crippen LogP contribution in [0.4, 0.5) is 5.69 Å². The van der Waals surface area contributed by atoms with Crippen LogP contribution >= 0.6 is 11.3 Å². The first-order valence-corrected chi connectivity index (χ1v) is 7.11. The molecule has 0 fully saturated rings. The van der Waals surface area contributed by atoms with Crippen molar-refractivity contribution < 1.29 is 14.3 Å². The molecule has 0 spiro atoms. The third-order valence-corrected chi connectivity index (χ3v) is 3.93. The lowest BCUT2D eigenvalue weighted by Gasteiger charge is -2.06. The van der Waals surface area contributed by atoms with Crippen LogP contribution in [0.15, 0.2) is 18.5 Å². The Kier molecular flexibility index (Phi) is 5.07. The number of ether oxygens (including phenoxy) is 1. The number of carbonyl (C=O) groups excluding carboxylic acids is 2. The minimum atomic E-state index is -0.365. The topological polar surface area (TPSA) is 106 Å². The molecule has 0 unspecified atom stereocenters. The van der Waals surface area contributed by atoms with Gasteiger partial charge in [-0.05, 0) is 6.07 Å². The molecule has 2 amide bonds. The zero-order chi connectivity index (χ0) is 15.2. The molecule has 0 saturated heterocycles. The highest BCUT2D eigenvalue weighted by Gasteiger charge is 2.16. The minimum Gasteiger partial charge on any atom is -0.397 e. The van der Waals surface area contributed by atoms with E-state index >= 15 is 0 Å². The number of fused-ring (bicyclic) bond motifs is 1. The van der Waals surface area contributed by atoms with Gasteiger partial charge in [-0.25, -0.2) is 0 Å². The highest BCUT2D eigenvalue weighted by Crippen LogP contribution is 2.32. The SMILES string of the molecule is COCCNC(=O)CNC(=O)c1sc2cnccc2c1N. The molecule has 0 radical (unpaired) electrons. The number of thiophene rings is 1. The van der Waals surface area contributed by atoms with Gasteiger partial charge in [-0.15, -0.1) is 11.3 Å². The van der Waals surface area contributed by atoms with Crippen molar-refractivity contribution in [1.82, 2.24) is 15.6 Å². The third kappa shape index (κ3) is 3.67. The first kappa shape index (κ1) is 15.2. The molecule has 2 aromatic rings. The molecule has 2 heterocycles. The van der Waals surface area contributed by atoms with E-state index in [1.165, 1.54) is 11.3 Å². The van der Waals surface area contributed by atoms with Crippen molar-refractivity contribution in [3.05, 3.63) is 23.3 Å². The number of aromatic nitrogens is 1. The van der Waals surface area contributed by atoms with Gasteiger partial charge < -0.3 is 21.1 Å². The van der Waals surface area contributed by atoms with Crippen molar-refractivity contribution in [2.24, 2.45) is 0 Å². The Labute approximate surface area is 125 Å². The number of nitrogens with one attached hydrogen (secondary N) is 2. The molecule has 0 bridgehead atoms. The van der Waals surface area contributed by atoms with Crippen LogP contribution in [0.25, 0.3) is 10.1 Å². The van der Waals surface area contributed by atoms with Crippen molar-refractivity contribution in [1.29, 1.82) is 0 Å². The van der Waals surface area contributed by atoms with Crippen LogP contribution in [-0.4, -0.2) is 43.6 Å². The number of hydrogen-bond acceptors (Lipinski definition) is 6. The zero-order valence-electron chi connectivity index (χ0n) is 11.5. The summed E-state index contributed by atoms with van der Waals surface area (Å²) in [5.74, 6) is -0.641. The van der Waals surface area contributed by atoms with Crippen molar-refractivity contribution >= 4 is 38.9 Å². The van der Waals surface area contributed by atoms with E-state index in [1.54, 1.807) is 25.6 Å². The summed E-state index contributed by atoms with van der Waals surface area (Å²) in [6.45, 7) is 0.729. The Bertz CT molecular complexity index is 656. The minimum absolute atomic E-state index is 0.103. The fourth-order valence-corrected chi connectivity index (χ4v) is 2.74. The van der Waals surface area contributed by atoms with Crippen molar-refractivity contribution in [3.63, 3.8) is 0 Å². The maximum absolute atomic E-state index is 12.1. The summed E-state index contributed by atoms with van der Waals surface area (Å²) in [6.07, 6.45) is 3.28. The normalized spacial score (nSPS) is 10.5. The summed E-state index contributed by atoms with van der Waals surface area (Å²) in [6, 6.07) is 1.76. The van der Waals surface area contributed by atoms with Gasteiger partial charge >= 0.3 is 0 Å². The largest absolute Gasteiger partial charge is 0.397 e. The van der Waals surface area contributed by atoms with E-state index in [-0.39, 0.29) is 18.4 Å². The molecule has 2 rings (SSSR count). The van der Waals surface area contributed by atoms with Gasteiger partial charge in [-0.3, -0.25) is 14.6 Å². The number of hydrogen-bond donors (Lipinski definition) is 3. The van der Waals surface area contributed by atoms with E-state index in [2.05, 4.69) is 15.6 Å². The summed E-state index contributed by atoms with van der Waals surface area (Å²) in [7, 11) is 1.55.